The summed E-state index contributed by atoms with van der Waals surface area (Å²) >= 11 is 0. The number of hydrogen-bond acceptors (Lipinski definition) is 1. The van der Waals surface area contributed by atoms with Crippen molar-refractivity contribution in [2.45, 2.75) is 12.3 Å². The molecule has 0 saturated carbocycles. The van der Waals surface area contributed by atoms with Gasteiger partial charge in [0, 0.05) is 0 Å². The van der Waals surface area contributed by atoms with Crippen LogP contribution in [-0.2, 0) is 4.12 Å². The summed E-state index contributed by atoms with van der Waals surface area (Å²) in [7, 11) is -0.849. The Labute approximate surface area is 53.8 Å². The minimum Gasteiger partial charge on any atom is -0.464 e. The standard InChI is InChI=1S/C4H11FOSi2/c1-3-4(5)8(2)6-7/h3-4,8H,1H2,2,7H3. The SMILES string of the molecule is C=CC(F)[SiH](C)O[SiH3]. The second-order valence-electron chi connectivity index (χ2n) is 1.62. The van der Waals surface area contributed by atoms with Crippen LogP contribution < -0.4 is 0 Å². The lowest BCUT2D eigenvalue weighted by Crippen LogP contribution is -2.24. The van der Waals surface area contributed by atoms with Crippen LogP contribution in [0.1, 0.15) is 0 Å². The molecule has 0 aliphatic rings. The van der Waals surface area contributed by atoms with Crippen LogP contribution in [0.3, 0.4) is 0 Å². The zero-order valence-corrected chi connectivity index (χ0v) is 8.38. The fraction of sp³-hybridized carbons (Fsp3) is 0.500. The molecule has 2 unspecified atom stereocenters. The first kappa shape index (κ1) is 8.06. The highest BCUT2D eigenvalue weighted by molar-refractivity contribution is 6.56. The summed E-state index contributed by atoms with van der Waals surface area (Å²) < 4.78 is 17.3. The summed E-state index contributed by atoms with van der Waals surface area (Å²) in [6.07, 6.45) is 1.31. The van der Waals surface area contributed by atoms with Crippen molar-refractivity contribution in [1.29, 1.82) is 0 Å². The van der Waals surface area contributed by atoms with E-state index in [0.717, 1.165) is 0 Å². The third-order valence-electron chi connectivity index (χ3n) is 1.05. The Hall–Kier alpha value is 0.0638. The van der Waals surface area contributed by atoms with Crippen molar-refractivity contribution in [3.8, 4) is 0 Å². The molecule has 0 fully saturated rings. The van der Waals surface area contributed by atoms with Crippen LogP contribution in [0.4, 0.5) is 4.39 Å². The zero-order chi connectivity index (χ0) is 6.57. The Morgan fingerprint density at radius 1 is 2.00 bits per heavy atom. The van der Waals surface area contributed by atoms with E-state index in [1.165, 1.54) is 6.08 Å². The average molecular weight is 150 g/mol. The van der Waals surface area contributed by atoms with Gasteiger partial charge in [-0.3, -0.25) is 0 Å². The molecule has 0 bridgehead atoms. The van der Waals surface area contributed by atoms with E-state index < -0.39 is 14.8 Å². The largest absolute Gasteiger partial charge is 0.464 e. The quantitative estimate of drug-likeness (QED) is 0.396. The summed E-state index contributed by atoms with van der Waals surface area (Å²) in [5, 5.41) is 0. The van der Waals surface area contributed by atoms with Crippen LogP contribution >= 0.6 is 0 Å². The van der Waals surface area contributed by atoms with Crippen molar-refractivity contribution in [1.82, 2.24) is 0 Å². The van der Waals surface area contributed by atoms with Crippen molar-refractivity contribution in [2.75, 3.05) is 0 Å². The van der Waals surface area contributed by atoms with Gasteiger partial charge in [-0.05, 0) is 6.55 Å². The van der Waals surface area contributed by atoms with Crippen LogP contribution in [0.25, 0.3) is 0 Å². The van der Waals surface area contributed by atoms with Crippen LogP contribution in [0.5, 0.6) is 0 Å². The molecule has 48 valence electrons. The van der Waals surface area contributed by atoms with E-state index in [1.54, 1.807) is 0 Å². The predicted octanol–water partition coefficient (Wildman–Crippen LogP) is -0.300. The first-order valence-electron chi connectivity index (χ1n) is 2.51. The monoisotopic (exact) mass is 150 g/mol. The molecule has 0 rings (SSSR count). The second-order valence-corrected chi connectivity index (χ2v) is 5.55. The van der Waals surface area contributed by atoms with Gasteiger partial charge in [-0.1, -0.05) is 6.08 Å². The van der Waals surface area contributed by atoms with Crippen LogP contribution in [0.2, 0.25) is 6.55 Å². The molecule has 4 heteroatoms. The highest BCUT2D eigenvalue weighted by atomic mass is 28.3. The van der Waals surface area contributed by atoms with E-state index in [9.17, 15) is 4.39 Å². The molecule has 0 N–H and O–H groups in total. The third-order valence-corrected chi connectivity index (χ3v) is 5.19. The molecule has 0 heterocycles. The minimum absolute atomic E-state index is 0.649. The van der Waals surface area contributed by atoms with Gasteiger partial charge in [0.1, 0.15) is 16.3 Å². The molecule has 1 nitrogen and oxygen atoms in total. The minimum atomic E-state index is -1.50. The maximum Gasteiger partial charge on any atom is 0.200 e. The van der Waals surface area contributed by atoms with E-state index in [1.807, 2.05) is 6.55 Å². The van der Waals surface area contributed by atoms with E-state index in [2.05, 4.69) is 6.58 Å². The van der Waals surface area contributed by atoms with E-state index in [4.69, 9.17) is 4.12 Å². The Kier molecular flexibility index (Phi) is 4.03. The van der Waals surface area contributed by atoms with Crippen LogP contribution in [-0.4, -0.2) is 25.3 Å². The number of halogens is 1. The number of rotatable bonds is 3. The predicted molar refractivity (Wildman–Crippen MR) is 39.1 cm³/mol. The lowest BCUT2D eigenvalue weighted by Gasteiger charge is -2.07. The normalized spacial score (nSPS) is 17.8. The molecular formula is C4H11FOSi2. The molecule has 0 aromatic rings. The molecule has 0 amide bonds. The lowest BCUT2D eigenvalue weighted by atomic mass is 10.7. The van der Waals surface area contributed by atoms with Crippen LogP contribution in [0, 0.1) is 0 Å². The molecule has 8 heavy (non-hydrogen) atoms. The van der Waals surface area contributed by atoms with Crippen LogP contribution in [0.15, 0.2) is 12.7 Å². The first-order chi connectivity index (χ1) is 3.72. The summed E-state index contributed by atoms with van der Waals surface area (Å²) in [4.78, 5) is 0. The molecule has 0 aliphatic heterocycles. The third kappa shape index (κ3) is 2.39. The molecule has 0 aliphatic carbocycles. The molecule has 2 atom stereocenters. The molecule has 0 radical (unpaired) electrons. The van der Waals surface area contributed by atoms with Gasteiger partial charge in [0.15, 0.2) is 0 Å². The second kappa shape index (κ2) is 3.99. The topological polar surface area (TPSA) is 9.23 Å². The molecule has 0 aromatic heterocycles. The van der Waals surface area contributed by atoms with Crippen molar-refractivity contribution < 1.29 is 8.51 Å². The van der Waals surface area contributed by atoms with Gasteiger partial charge >= 0.3 is 0 Å². The van der Waals surface area contributed by atoms with E-state index >= 15 is 0 Å². The van der Waals surface area contributed by atoms with Gasteiger partial charge in [-0.25, -0.2) is 4.39 Å². The maximum atomic E-state index is 12.4. The van der Waals surface area contributed by atoms with Crippen molar-refractivity contribution in [3.63, 3.8) is 0 Å². The first-order valence-corrected chi connectivity index (χ1v) is 5.62. The summed E-state index contributed by atoms with van der Waals surface area (Å²) in [5.74, 6) is -0.868. The zero-order valence-electron chi connectivity index (χ0n) is 5.23. The average Bonchev–Trinajstić information content (AvgIpc) is 1.84. The smallest absolute Gasteiger partial charge is 0.200 e. The van der Waals surface area contributed by atoms with Crippen molar-refractivity contribution in [3.05, 3.63) is 12.7 Å². The summed E-state index contributed by atoms with van der Waals surface area (Å²) in [5.41, 5.74) is 0. The number of hydrogen-bond donors (Lipinski definition) is 0. The van der Waals surface area contributed by atoms with E-state index in [-0.39, 0.29) is 0 Å². The van der Waals surface area contributed by atoms with Gasteiger partial charge in [-0.15, -0.1) is 6.58 Å². The van der Waals surface area contributed by atoms with Crippen molar-refractivity contribution in [2.24, 2.45) is 0 Å². The van der Waals surface area contributed by atoms with E-state index in [0.29, 0.717) is 10.5 Å². The Morgan fingerprint density at radius 2 is 2.50 bits per heavy atom. The molecule has 0 aromatic carbocycles. The van der Waals surface area contributed by atoms with Crippen molar-refractivity contribution >= 4 is 19.5 Å². The number of allylic oxidation sites excluding steroid dienone is 1. The van der Waals surface area contributed by atoms with Gasteiger partial charge in [0.25, 0.3) is 0 Å². The maximum absolute atomic E-state index is 12.4. The van der Waals surface area contributed by atoms with Gasteiger partial charge in [0.2, 0.25) is 9.04 Å². The Balaban J connectivity index is 3.44. The molecular weight excluding hydrogens is 139 g/mol. The summed E-state index contributed by atoms with van der Waals surface area (Å²) in [6, 6.07) is 0. The Bertz CT molecular complexity index is 78.4. The van der Waals surface area contributed by atoms with Gasteiger partial charge < -0.3 is 4.12 Å². The fourth-order valence-electron chi connectivity index (χ4n) is 0.322. The summed E-state index contributed by atoms with van der Waals surface area (Å²) in [6.45, 7) is 5.16. The number of alkyl halides is 1. The Morgan fingerprint density at radius 3 is 2.62 bits per heavy atom. The molecule has 0 saturated heterocycles. The lowest BCUT2D eigenvalue weighted by molar-refractivity contribution is 0.458. The highest BCUT2D eigenvalue weighted by Gasteiger charge is 2.11. The van der Waals surface area contributed by atoms with Gasteiger partial charge in [-0.2, -0.15) is 0 Å². The van der Waals surface area contributed by atoms with Gasteiger partial charge in [0.05, 0.1) is 0 Å². The fourth-order valence-corrected chi connectivity index (χ4v) is 1.74. The highest BCUT2D eigenvalue weighted by Crippen LogP contribution is 1.97. The molecule has 0 spiro atoms.